The number of aromatic nitrogens is 2. The molecule has 1 aliphatic rings. The van der Waals surface area contributed by atoms with Gasteiger partial charge >= 0.3 is 0 Å². The standard InChI is InChI=1S/C15H19N3O3S/c1-20-13-4-2-11(3-5-13)14-16-18(15(22)21-14)10-17-8-6-12(19)7-9-17/h2-5,12,19H,6-10H2,1H3. The van der Waals surface area contributed by atoms with Crippen molar-refractivity contribution in [3.05, 3.63) is 29.1 Å². The summed E-state index contributed by atoms with van der Waals surface area (Å²) in [6.07, 6.45) is 1.39. The Kier molecular flexibility index (Phi) is 4.56. The fourth-order valence-electron chi connectivity index (χ4n) is 2.50. The van der Waals surface area contributed by atoms with E-state index in [9.17, 15) is 5.11 Å². The van der Waals surface area contributed by atoms with Crippen LogP contribution in [-0.4, -0.2) is 46.1 Å². The van der Waals surface area contributed by atoms with E-state index in [0.29, 0.717) is 17.4 Å². The average Bonchev–Trinajstić information content (AvgIpc) is 2.91. The van der Waals surface area contributed by atoms with Crippen LogP contribution in [0, 0.1) is 4.84 Å². The zero-order valence-electron chi connectivity index (χ0n) is 12.4. The molecule has 3 rings (SSSR count). The Morgan fingerprint density at radius 1 is 1.32 bits per heavy atom. The summed E-state index contributed by atoms with van der Waals surface area (Å²) < 4.78 is 12.4. The molecule has 1 saturated heterocycles. The Labute approximate surface area is 133 Å². The van der Waals surface area contributed by atoms with Gasteiger partial charge < -0.3 is 14.3 Å². The summed E-state index contributed by atoms with van der Waals surface area (Å²) in [6.45, 7) is 2.27. The van der Waals surface area contributed by atoms with Crippen molar-refractivity contribution >= 4 is 12.2 Å². The average molecular weight is 321 g/mol. The van der Waals surface area contributed by atoms with Crippen LogP contribution in [0.4, 0.5) is 0 Å². The summed E-state index contributed by atoms with van der Waals surface area (Å²) in [4.78, 5) is 2.57. The topological polar surface area (TPSA) is 63.7 Å². The van der Waals surface area contributed by atoms with Crippen molar-refractivity contribution in [2.24, 2.45) is 0 Å². The maximum Gasteiger partial charge on any atom is 0.288 e. The van der Waals surface area contributed by atoms with Crippen LogP contribution in [0.15, 0.2) is 28.7 Å². The molecule has 2 aromatic rings. The number of hydrogen-bond acceptors (Lipinski definition) is 6. The first-order valence-corrected chi connectivity index (χ1v) is 7.69. The van der Waals surface area contributed by atoms with E-state index in [-0.39, 0.29) is 6.10 Å². The normalized spacial score (nSPS) is 16.8. The van der Waals surface area contributed by atoms with Gasteiger partial charge in [0.05, 0.1) is 19.9 Å². The molecule has 0 atom stereocenters. The number of benzene rings is 1. The van der Waals surface area contributed by atoms with Crippen LogP contribution < -0.4 is 4.74 Å². The van der Waals surface area contributed by atoms with E-state index < -0.39 is 0 Å². The molecule has 6 nitrogen and oxygen atoms in total. The third-order valence-corrected chi connectivity index (χ3v) is 4.13. The number of nitrogens with zero attached hydrogens (tertiary/aromatic N) is 3. The summed E-state index contributed by atoms with van der Waals surface area (Å²) in [6, 6.07) is 7.50. The van der Waals surface area contributed by atoms with Gasteiger partial charge in [-0.3, -0.25) is 4.90 Å². The summed E-state index contributed by atoms with van der Waals surface area (Å²) >= 11 is 5.25. The fraction of sp³-hybridized carbons (Fsp3) is 0.467. The summed E-state index contributed by atoms with van der Waals surface area (Å²) in [7, 11) is 1.63. The largest absolute Gasteiger partial charge is 0.497 e. The van der Waals surface area contributed by atoms with E-state index in [1.807, 2.05) is 24.3 Å². The number of aliphatic hydroxyl groups excluding tert-OH is 1. The fourth-order valence-corrected chi connectivity index (χ4v) is 2.67. The molecular weight excluding hydrogens is 302 g/mol. The number of likely N-dealkylation sites (tertiary alicyclic amines) is 1. The lowest BCUT2D eigenvalue weighted by molar-refractivity contribution is 0.0647. The number of piperidine rings is 1. The maximum atomic E-state index is 9.54. The number of methoxy groups -OCH3 is 1. The SMILES string of the molecule is COc1ccc(-c2nn(CN3CCC(O)CC3)c(=S)o2)cc1. The molecule has 0 spiro atoms. The second-order valence-electron chi connectivity index (χ2n) is 5.39. The van der Waals surface area contributed by atoms with Crippen LogP contribution in [0.1, 0.15) is 12.8 Å². The van der Waals surface area contributed by atoms with Gasteiger partial charge in [0.2, 0.25) is 5.89 Å². The minimum atomic E-state index is -0.184. The van der Waals surface area contributed by atoms with Crippen molar-refractivity contribution in [2.45, 2.75) is 25.6 Å². The van der Waals surface area contributed by atoms with Crippen LogP contribution in [0.25, 0.3) is 11.5 Å². The van der Waals surface area contributed by atoms with Crippen LogP contribution >= 0.6 is 12.2 Å². The van der Waals surface area contributed by atoms with E-state index in [4.69, 9.17) is 21.4 Å². The highest BCUT2D eigenvalue weighted by Gasteiger charge is 2.18. The number of hydrogen-bond donors (Lipinski definition) is 1. The Balaban J connectivity index is 1.74. The van der Waals surface area contributed by atoms with Crippen molar-refractivity contribution < 1.29 is 14.3 Å². The molecule has 22 heavy (non-hydrogen) atoms. The lowest BCUT2D eigenvalue weighted by Gasteiger charge is -2.28. The lowest BCUT2D eigenvalue weighted by atomic mass is 10.1. The second kappa shape index (κ2) is 6.60. The molecule has 2 heterocycles. The Morgan fingerprint density at radius 2 is 2.00 bits per heavy atom. The Bertz CT molecular complexity index is 672. The van der Waals surface area contributed by atoms with Crippen LogP contribution in [-0.2, 0) is 6.67 Å². The minimum Gasteiger partial charge on any atom is -0.497 e. The predicted molar refractivity (Wildman–Crippen MR) is 84.1 cm³/mol. The van der Waals surface area contributed by atoms with Crippen molar-refractivity contribution in [3.8, 4) is 17.2 Å². The quantitative estimate of drug-likeness (QED) is 0.872. The minimum absolute atomic E-state index is 0.184. The number of aliphatic hydroxyl groups is 1. The first kappa shape index (κ1) is 15.2. The number of ether oxygens (including phenoxy) is 1. The molecule has 1 N–H and O–H groups in total. The van der Waals surface area contributed by atoms with E-state index in [2.05, 4.69) is 10.00 Å². The summed E-state index contributed by atoms with van der Waals surface area (Å²) in [5.41, 5.74) is 0.861. The number of rotatable bonds is 4. The zero-order chi connectivity index (χ0) is 15.5. The van der Waals surface area contributed by atoms with Gasteiger partial charge in [-0.1, -0.05) is 0 Å². The summed E-state index contributed by atoms with van der Waals surface area (Å²) in [5.74, 6) is 1.29. The van der Waals surface area contributed by atoms with Crippen molar-refractivity contribution in [1.82, 2.24) is 14.7 Å². The molecule has 7 heteroatoms. The van der Waals surface area contributed by atoms with Gasteiger partial charge in [-0.25, -0.2) is 4.68 Å². The molecule has 0 aliphatic carbocycles. The van der Waals surface area contributed by atoms with E-state index in [1.54, 1.807) is 11.8 Å². The van der Waals surface area contributed by atoms with Crippen molar-refractivity contribution in [1.29, 1.82) is 0 Å². The van der Waals surface area contributed by atoms with Crippen LogP contribution in [0.2, 0.25) is 0 Å². The molecule has 0 amide bonds. The molecule has 0 saturated carbocycles. The first-order valence-electron chi connectivity index (χ1n) is 7.28. The van der Waals surface area contributed by atoms with E-state index in [1.165, 1.54) is 0 Å². The highest BCUT2D eigenvalue weighted by Crippen LogP contribution is 2.21. The molecule has 1 aromatic heterocycles. The molecule has 118 valence electrons. The van der Waals surface area contributed by atoms with Crippen LogP contribution in [0.5, 0.6) is 5.75 Å². The summed E-state index contributed by atoms with van der Waals surface area (Å²) in [5, 5.41) is 14.0. The molecule has 1 aliphatic heterocycles. The van der Waals surface area contributed by atoms with Gasteiger partial charge in [0.15, 0.2) is 0 Å². The van der Waals surface area contributed by atoms with Gasteiger partial charge in [0, 0.05) is 18.7 Å². The molecule has 0 bridgehead atoms. The lowest BCUT2D eigenvalue weighted by Crippen LogP contribution is -2.37. The third-order valence-electron chi connectivity index (χ3n) is 3.83. The third kappa shape index (κ3) is 3.37. The van der Waals surface area contributed by atoms with Gasteiger partial charge in [-0.2, -0.15) is 0 Å². The smallest absolute Gasteiger partial charge is 0.288 e. The highest BCUT2D eigenvalue weighted by molar-refractivity contribution is 7.71. The van der Waals surface area contributed by atoms with Crippen LogP contribution in [0.3, 0.4) is 0 Å². The molecule has 1 fully saturated rings. The zero-order valence-corrected chi connectivity index (χ0v) is 13.3. The van der Waals surface area contributed by atoms with Gasteiger partial charge in [-0.05, 0) is 49.3 Å². The van der Waals surface area contributed by atoms with E-state index >= 15 is 0 Å². The Hall–Kier alpha value is -1.70. The monoisotopic (exact) mass is 321 g/mol. The molecule has 0 unspecified atom stereocenters. The van der Waals surface area contributed by atoms with Gasteiger partial charge in [0.25, 0.3) is 4.84 Å². The predicted octanol–water partition coefficient (Wildman–Crippen LogP) is 2.30. The first-order chi connectivity index (χ1) is 10.7. The maximum absolute atomic E-state index is 9.54. The van der Waals surface area contributed by atoms with Gasteiger partial charge in [-0.15, -0.1) is 5.10 Å². The molecular formula is C15H19N3O3S. The molecule has 0 radical (unpaired) electrons. The van der Waals surface area contributed by atoms with Crippen molar-refractivity contribution in [3.63, 3.8) is 0 Å². The second-order valence-corrected chi connectivity index (χ2v) is 5.74. The van der Waals surface area contributed by atoms with Crippen molar-refractivity contribution in [2.75, 3.05) is 20.2 Å². The Morgan fingerprint density at radius 3 is 2.64 bits per heavy atom. The molecule has 1 aromatic carbocycles. The highest BCUT2D eigenvalue weighted by atomic mass is 32.1. The van der Waals surface area contributed by atoms with E-state index in [0.717, 1.165) is 37.2 Å². The van der Waals surface area contributed by atoms with Gasteiger partial charge in [0.1, 0.15) is 5.75 Å².